The summed E-state index contributed by atoms with van der Waals surface area (Å²) in [5, 5.41) is 9.99. The molecule has 0 bridgehead atoms. The molecule has 1 N–H and O–H groups in total. The Balaban J connectivity index is 2.72. The number of aromatic hydroxyl groups is 1. The van der Waals surface area contributed by atoms with Crippen molar-refractivity contribution < 1.29 is 19.1 Å². The lowest BCUT2D eigenvalue weighted by atomic mass is 10.2. The molecule has 2 aromatic rings. The smallest absolute Gasteiger partial charge is 0.209 e. The third-order valence-electron chi connectivity index (χ3n) is 2.00. The van der Waals surface area contributed by atoms with E-state index in [1.54, 1.807) is 18.2 Å². The maximum Gasteiger partial charge on any atom is 0.209 e. The van der Waals surface area contributed by atoms with Crippen LogP contribution in [0.4, 0.5) is 0 Å². The van der Waals surface area contributed by atoms with Crippen molar-refractivity contribution in [3.8, 4) is 11.5 Å². The van der Waals surface area contributed by atoms with Crippen LogP contribution in [0, 0.1) is 0 Å². The third-order valence-corrected chi connectivity index (χ3v) is 2.00. The highest BCUT2D eigenvalue weighted by Crippen LogP contribution is 2.32. The quantitative estimate of drug-likeness (QED) is 0.739. The first-order valence-corrected chi connectivity index (χ1v) is 4.01. The first kappa shape index (κ1) is 8.62. The van der Waals surface area contributed by atoms with Gasteiger partial charge in [-0.15, -0.1) is 0 Å². The van der Waals surface area contributed by atoms with E-state index < -0.39 is 0 Å². The number of furan rings is 1. The molecule has 0 aliphatic rings. The highest BCUT2D eigenvalue weighted by Gasteiger charge is 2.12. The Labute approximate surface area is 79.7 Å². The second-order valence-electron chi connectivity index (χ2n) is 2.79. The zero-order valence-corrected chi connectivity index (χ0v) is 7.48. The van der Waals surface area contributed by atoms with Crippen molar-refractivity contribution in [2.75, 3.05) is 7.11 Å². The fourth-order valence-corrected chi connectivity index (χ4v) is 1.29. The molecule has 0 saturated carbocycles. The van der Waals surface area contributed by atoms with Crippen LogP contribution >= 0.6 is 0 Å². The molecule has 0 amide bonds. The maximum absolute atomic E-state index is 10.5. The Morgan fingerprint density at radius 2 is 2.29 bits per heavy atom. The molecule has 1 heterocycles. The van der Waals surface area contributed by atoms with Gasteiger partial charge in [0.2, 0.25) is 5.76 Å². The molecule has 0 atom stereocenters. The van der Waals surface area contributed by atoms with Crippen LogP contribution in [-0.2, 0) is 0 Å². The minimum Gasteiger partial charge on any atom is -0.504 e. The molecule has 72 valence electrons. The summed E-state index contributed by atoms with van der Waals surface area (Å²) in [5.41, 5.74) is 0.434. The van der Waals surface area contributed by atoms with Gasteiger partial charge in [0.1, 0.15) is 11.3 Å². The predicted molar refractivity (Wildman–Crippen MR) is 49.8 cm³/mol. The second kappa shape index (κ2) is 3.06. The van der Waals surface area contributed by atoms with Crippen molar-refractivity contribution >= 4 is 17.3 Å². The molecular formula is C10H8O4. The topological polar surface area (TPSA) is 59.7 Å². The molecule has 4 heteroatoms. The number of hydrogen-bond acceptors (Lipinski definition) is 4. The van der Waals surface area contributed by atoms with Gasteiger partial charge in [0.05, 0.1) is 12.5 Å². The molecule has 0 saturated heterocycles. The number of methoxy groups -OCH3 is 1. The number of carbonyl (C=O) groups excluding carboxylic acids is 1. The Hall–Kier alpha value is -1.97. The predicted octanol–water partition coefficient (Wildman–Crippen LogP) is 1.96. The number of benzene rings is 1. The molecule has 2 rings (SSSR count). The normalized spacial score (nSPS) is 10.4. The Morgan fingerprint density at radius 3 is 2.93 bits per heavy atom. The first-order chi connectivity index (χ1) is 6.76. The van der Waals surface area contributed by atoms with Crippen molar-refractivity contribution in [3.63, 3.8) is 0 Å². The molecule has 1 aromatic carbocycles. The molecule has 4 nitrogen and oxygen atoms in total. The van der Waals surface area contributed by atoms with Crippen molar-refractivity contribution in [2.24, 2.45) is 0 Å². The molecular weight excluding hydrogens is 184 g/mol. The minimum atomic E-state index is -0.127. The van der Waals surface area contributed by atoms with Gasteiger partial charge in [-0.25, -0.2) is 0 Å². The second-order valence-corrected chi connectivity index (χ2v) is 2.79. The Morgan fingerprint density at radius 1 is 1.50 bits per heavy atom. The van der Waals surface area contributed by atoms with Crippen molar-refractivity contribution in [1.82, 2.24) is 0 Å². The van der Waals surface area contributed by atoms with E-state index in [4.69, 9.17) is 9.15 Å². The van der Waals surface area contributed by atoms with Crippen LogP contribution < -0.4 is 4.74 Å². The summed E-state index contributed by atoms with van der Waals surface area (Å²) >= 11 is 0. The van der Waals surface area contributed by atoms with E-state index in [1.807, 2.05) is 0 Å². The SMILES string of the molecule is COc1ccc2c(O)c(C=O)oc2c1. The molecule has 14 heavy (non-hydrogen) atoms. The lowest BCUT2D eigenvalue weighted by Gasteiger charge is -1.96. The highest BCUT2D eigenvalue weighted by atomic mass is 16.5. The molecule has 0 aliphatic heterocycles. The van der Waals surface area contributed by atoms with Gasteiger partial charge in [-0.1, -0.05) is 0 Å². The van der Waals surface area contributed by atoms with Crippen LogP contribution in [0.2, 0.25) is 0 Å². The zero-order valence-electron chi connectivity index (χ0n) is 7.48. The summed E-state index contributed by atoms with van der Waals surface area (Å²) in [4.78, 5) is 10.5. The summed E-state index contributed by atoms with van der Waals surface area (Å²) in [6, 6.07) is 4.94. The summed E-state index contributed by atoms with van der Waals surface area (Å²) < 4.78 is 10.1. The van der Waals surface area contributed by atoms with E-state index in [-0.39, 0.29) is 11.5 Å². The molecule has 1 aromatic heterocycles. The number of ether oxygens (including phenoxy) is 1. The van der Waals surface area contributed by atoms with E-state index in [2.05, 4.69) is 0 Å². The zero-order chi connectivity index (χ0) is 10.1. The van der Waals surface area contributed by atoms with E-state index in [1.165, 1.54) is 7.11 Å². The highest BCUT2D eigenvalue weighted by molar-refractivity contribution is 5.93. The van der Waals surface area contributed by atoms with Crippen LogP contribution in [0.5, 0.6) is 11.5 Å². The number of fused-ring (bicyclic) bond motifs is 1. The van der Waals surface area contributed by atoms with E-state index in [9.17, 15) is 9.90 Å². The van der Waals surface area contributed by atoms with Gasteiger partial charge in [-0.2, -0.15) is 0 Å². The van der Waals surface area contributed by atoms with E-state index >= 15 is 0 Å². The lowest BCUT2D eigenvalue weighted by Crippen LogP contribution is -1.80. The Kier molecular flexibility index (Phi) is 1.89. The van der Waals surface area contributed by atoms with E-state index in [0.29, 0.717) is 23.0 Å². The van der Waals surface area contributed by atoms with Crippen molar-refractivity contribution in [1.29, 1.82) is 0 Å². The van der Waals surface area contributed by atoms with Gasteiger partial charge in [0.15, 0.2) is 12.0 Å². The third kappa shape index (κ3) is 1.12. The van der Waals surface area contributed by atoms with Gasteiger partial charge in [-0.3, -0.25) is 4.79 Å². The largest absolute Gasteiger partial charge is 0.504 e. The molecule has 0 unspecified atom stereocenters. The number of aldehydes is 1. The number of carbonyl (C=O) groups is 1. The average molecular weight is 192 g/mol. The minimum absolute atomic E-state index is 0.0618. The van der Waals surface area contributed by atoms with Gasteiger partial charge in [0, 0.05) is 6.07 Å². The van der Waals surface area contributed by atoms with Gasteiger partial charge >= 0.3 is 0 Å². The van der Waals surface area contributed by atoms with Crippen LogP contribution in [0.25, 0.3) is 11.0 Å². The lowest BCUT2D eigenvalue weighted by molar-refractivity contribution is 0.109. The fourth-order valence-electron chi connectivity index (χ4n) is 1.29. The van der Waals surface area contributed by atoms with Crippen molar-refractivity contribution in [3.05, 3.63) is 24.0 Å². The first-order valence-electron chi connectivity index (χ1n) is 4.01. The standard InChI is InChI=1S/C10H8O4/c1-13-6-2-3-7-8(4-6)14-9(5-11)10(7)12/h2-5,12H,1H3. The van der Waals surface area contributed by atoms with Gasteiger partial charge in [-0.05, 0) is 12.1 Å². The Bertz CT molecular complexity index is 484. The van der Waals surface area contributed by atoms with Crippen LogP contribution in [0.3, 0.4) is 0 Å². The van der Waals surface area contributed by atoms with Crippen molar-refractivity contribution in [2.45, 2.75) is 0 Å². The summed E-state index contributed by atoms with van der Waals surface area (Å²) in [7, 11) is 1.53. The molecule has 0 aliphatic carbocycles. The number of hydrogen-bond donors (Lipinski definition) is 1. The van der Waals surface area contributed by atoms with Crippen LogP contribution in [0.1, 0.15) is 10.6 Å². The number of rotatable bonds is 2. The van der Waals surface area contributed by atoms with Crippen LogP contribution in [0.15, 0.2) is 22.6 Å². The maximum atomic E-state index is 10.5. The molecule has 0 radical (unpaired) electrons. The summed E-state index contributed by atoms with van der Waals surface area (Å²) in [5.74, 6) is 0.426. The van der Waals surface area contributed by atoms with Gasteiger partial charge in [0.25, 0.3) is 0 Å². The van der Waals surface area contributed by atoms with Crippen LogP contribution in [-0.4, -0.2) is 18.5 Å². The molecule has 0 fully saturated rings. The van der Waals surface area contributed by atoms with E-state index in [0.717, 1.165) is 0 Å². The fraction of sp³-hybridized carbons (Fsp3) is 0.100. The molecule has 0 spiro atoms. The summed E-state index contributed by atoms with van der Waals surface area (Å²) in [6.45, 7) is 0. The van der Waals surface area contributed by atoms with Gasteiger partial charge < -0.3 is 14.3 Å². The monoisotopic (exact) mass is 192 g/mol. The average Bonchev–Trinajstić information content (AvgIpc) is 2.55. The summed E-state index contributed by atoms with van der Waals surface area (Å²) in [6.07, 6.45) is 0.474.